The summed E-state index contributed by atoms with van der Waals surface area (Å²) in [6.45, 7) is 7.80. The van der Waals surface area contributed by atoms with Gasteiger partial charge in [0.25, 0.3) is 11.8 Å². The molecule has 1 aliphatic carbocycles. The van der Waals surface area contributed by atoms with E-state index in [1.165, 1.54) is 6.42 Å². The Labute approximate surface area is 183 Å². The zero-order valence-corrected chi connectivity index (χ0v) is 18.5. The molecule has 2 aromatic rings. The Hall–Kier alpha value is -2.89. The van der Waals surface area contributed by atoms with Crippen molar-refractivity contribution in [2.24, 2.45) is 5.41 Å². The SMILES string of the molecule is Cc1c(C(=O)NCc2ccc(C(=O)N3CCCCC3)cc2)oc2c1C(=O)CC(C)(C)C2. The summed E-state index contributed by atoms with van der Waals surface area (Å²) < 4.78 is 5.83. The van der Waals surface area contributed by atoms with Crippen molar-refractivity contribution in [1.82, 2.24) is 10.2 Å². The molecule has 1 aromatic carbocycles. The molecule has 1 saturated heterocycles. The highest BCUT2D eigenvalue weighted by atomic mass is 16.4. The third kappa shape index (κ3) is 4.43. The number of furan rings is 1. The fourth-order valence-corrected chi connectivity index (χ4v) is 4.61. The van der Waals surface area contributed by atoms with Gasteiger partial charge in [-0.2, -0.15) is 0 Å². The fraction of sp³-hybridized carbons (Fsp3) is 0.480. The first-order valence-electron chi connectivity index (χ1n) is 11.1. The molecule has 0 atom stereocenters. The molecule has 1 aromatic heterocycles. The number of rotatable bonds is 4. The second kappa shape index (κ2) is 8.33. The first kappa shape index (κ1) is 21.3. The molecule has 4 rings (SSSR count). The van der Waals surface area contributed by atoms with Gasteiger partial charge in [0, 0.05) is 43.6 Å². The lowest BCUT2D eigenvalue weighted by atomic mass is 9.76. The van der Waals surface area contributed by atoms with Crippen LogP contribution in [-0.4, -0.2) is 35.6 Å². The minimum absolute atomic E-state index is 0.0421. The van der Waals surface area contributed by atoms with Crippen LogP contribution in [0.5, 0.6) is 0 Å². The number of benzene rings is 1. The molecule has 6 nitrogen and oxygen atoms in total. The van der Waals surface area contributed by atoms with Gasteiger partial charge in [-0.3, -0.25) is 14.4 Å². The van der Waals surface area contributed by atoms with Crippen LogP contribution in [0.15, 0.2) is 28.7 Å². The molecule has 0 bridgehead atoms. The molecular formula is C25H30N2O4. The molecule has 2 heterocycles. The number of likely N-dealkylation sites (tertiary alicyclic amines) is 1. The quantitative estimate of drug-likeness (QED) is 0.797. The number of ketones is 1. The predicted octanol–water partition coefficient (Wildman–Crippen LogP) is 4.30. The first-order chi connectivity index (χ1) is 14.7. The van der Waals surface area contributed by atoms with Gasteiger partial charge in [0.2, 0.25) is 0 Å². The summed E-state index contributed by atoms with van der Waals surface area (Å²) in [7, 11) is 0. The minimum atomic E-state index is -0.328. The molecule has 164 valence electrons. The van der Waals surface area contributed by atoms with Gasteiger partial charge in [-0.15, -0.1) is 0 Å². The van der Waals surface area contributed by atoms with Gasteiger partial charge in [0.15, 0.2) is 11.5 Å². The van der Waals surface area contributed by atoms with Crippen molar-refractivity contribution in [3.05, 3.63) is 58.0 Å². The summed E-state index contributed by atoms with van der Waals surface area (Å²) in [4.78, 5) is 39.7. The van der Waals surface area contributed by atoms with Gasteiger partial charge in [-0.25, -0.2) is 0 Å². The number of nitrogens with one attached hydrogen (secondary N) is 1. The minimum Gasteiger partial charge on any atom is -0.455 e. The normalized spacial score (nSPS) is 17.9. The summed E-state index contributed by atoms with van der Waals surface area (Å²) in [6.07, 6.45) is 4.42. The Morgan fingerprint density at radius 3 is 2.42 bits per heavy atom. The molecule has 2 aliphatic rings. The van der Waals surface area contributed by atoms with Crippen LogP contribution in [0, 0.1) is 12.3 Å². The molecule has 1 N–H and O–H groups in total. The van der Waals surface area contributed by atoms with E-state index in [2.05, 4.69) is 5.32 Å². The standard InChI is InChI=1S/C25H30N2O4/c1-16-21-19(28)13-25(2,3)14-20(21)31-22(16)23(29)26-15-17-7-9-18(10-8-17)24(30)27-11-5-4-6-12-27/h7-10H,4-6,11-15H2,1-3H3,(H,26,29). The van der Waals surface area contributed by atoms with Gasteiger partial charge in [-0.05, 0) is 49.3 Å². The number of Topliss-reactive ketones (excluding diaryl/α,β-unsaturated/α-hetero) is 1. The molecule has 31 heavy (non-hydrogen) atoms. The van der Waals surface area contributed by atoms with Crippen molar-refractivity contribution in [3.8, 4) is 0 Å². The number of nitrogens with zero attached hydrogens (tertiary/aromatic N) is 1. The van der Waals surface area contributed by atoms with Gasteiger partial charge in [0.1, 0.15) is 5.76 Å². The summed E-state index contributed by atoms with van der Waals surface area (Å²) >= 11 is 0. The van der Waals surface area contributed by atoms with E-state index in [4.69, 9.17) is 4.42 Å². The number of fused-ring (bicyclic) bond motifs is 1. The summed E-state index contributed by atoms with van der Waals surface area (Å²) in [6, 6.07) is 7.36. The molecule has 2 amide bonds. The van der Waals surface area contributed by atoms with E-state index >= 15 is 0 Å². The van der Waals surface area contributed by atoms with Gasteiger partial charge in [-0.1, -0.05) is 26.0 Å². The molecule has 6 heteroatoms. The fourth-order valence-electron chi connectivity index (χ4n) is 4.61. The molecule has 0 spiro atoms. The third-order valence-electron chi connectivity index (χ3n) is 6.28. The molecule has 0 radical (unpaired) electrons. The molecular weight excluding hydrogens is 392 g/mol. The molecule has 1 aliphatic heterocycles. The van der Waals surface area contributed by atoms with Crippen LogP contribution < -0.4 is 5.32 Å². The number of carbonyl (C=O) groups is 3. The summed E-state index contributed by atoms with van der Waals surface area (Å²) in [5.41, 5.74) is 2.61. The Morgan fingerprint density at radius 1 is 1.06 bits per heavy atom. The van der Waals surface area contributed by atoms with E-state index in [9.17, 15) is 14.4 Å². The molecule has 1 fully saturated rings. The van der Waals surface area contributed by atoms with Crippen molar-refractivity contribution >= 4 is 17.6 Å². The van der Waals surface area contributed by atoms with Crippen LogP contribution in [-0.2, 0) is 13.0 Å². The van der Waals surface area contributed by atoms with Crippen molar-refractivity contribution in [3.63, 3.8) is 0 Å². The zero-order chi connectivity index (χ0) is 22.2. The lowest BCUT2D eigenvalue weighted by molar-refractivity contribution is 0.0723. The third-order valence-corrected chi connectivity index (χ3v) is 6.28. The predicted molar refractivity (Wildman–Crippen MR) is 117 cm³/mol. The van der Waals surface area contributed by atoms with Gasteiger partial charge >= 0.3 is 0 Å². The Kier molecular flexibility index (Phi) is 5.73. The zero-order valence-electron chi connectivity index (χ0n) is 18.5. The van der Waals surface area contributed by atoms with Crippen LogP contribution in [0.2, 0.25) is 0 Å². The van der Waals surface area contributed by atoms with Crippen LogP contribution >= 0.6 is 0 Å². The summed E-state index contributed by atoms with van der Waals surface area (Å²) in [5, 5.41) is 2.87. The Morgan fingerprint density at radius 2 is 1.74 bits per heavy atom. The highest BCUT2D eigenvalue weighted by Crippen LogP contribution is 2.38. The monoisotopic (exact) mass is 422 g/mol. The van der Waals surface area contributed by atoms with Gasteiger partial charge < -0.3 is 14.6 Å². The summed E-state index contributed by atoms with van der Waals surface area (Å²) in [5.74, 6) is 0.614. The van der Waals surface area contributed by atoms with E-state index in [1.54, 1.807) is 6.92 Å². The van der Waals surface area contributed by atoms with Crippen molar-refractivity contribution in [2.45, 2.75) is 59.4 Å². The second-order valence-electron chi connectivity index (χ2n) is 9.53. The Bertz CT molecular complexity index is 1010. The molecule has 0 saturated carbocycles. The highest BCUT2D eigenvalue weighted by molar-refractivity contribution is 6.03. The van der Waals surface area contributed by atoms with Crippen LogP contribution in [0.25, 0.3) is 0 Å². The smallest absolute Gasteiger partial charge is 0.287 e. The number of carbonyl (C=O) groups excluding carboxylic acids is 3. The van der Waals surface area contributed by atoms with Crippen LogP contribution in [0.1, 0.15) is 87.7 Å². The second-order valence-corrected chi connectivity index (χ2v) is 9.53. The largest absolute Gasteiger partial charge is 0.455 e. The van der Waals surface area contributed by atoms with Crippen LogP contribution in [0.4, 0.5) is 0 Å². The Balaban J connectivity index is 1.40. The van der Waals surface area contributed by atoms with E-state index in [0.29, 0.717) is 41.8 Å². The van der Waals surface area contributed by atoms with E-state index in [1.807, 2.05) is 43.0 Å². The lowest BCUT2D eigenvalue weighted by Crippen LogP contribution is -2.35. The van der Waals surface area contributed by atoms with E-state index in [0.717, 1.165) is 31.5 Å². The average Bonchev–Trinajstić information content (AvgIpc) is 3.07. The maximum atomic E-state index is 12.7. The van der Waals surface area contributed by atoms with E-state index < -0.39 is 0 Å². The highest BCUT2D eigenvalue weighted by Gasteiger charge is 2.37. The maximum absolute atomic E-state index is 12.7. The number of piperidine rings is 1. The first-order valence-corrected chi connectivity index (χ1v) is 11.1. The van der Waals surface area contributed by atoms with Crippen molar-refractivity contribution < 1.29 is 18.8 Å². The average molecular weight is 423 g/mol. The number of hydrogen-bond donors (Lipinski definition) is 1. The molecule has 0 unspecified atom stereocenters. The maximum Gasteiger partial charge on any atom is 0.287 e. The van der Waals surface area contributed by atoms with Crippen molar-refractivity contribution in [2.75, 3.05) is 13.1 Å². The van der Waals surface area contributed by atoms with Gasteiger partial charge in [0.05, 0.1) is 5.56 Å². The van der Waals surface area contributed by atoms with Crippen molar-refractivity contribution in [1.29, 1.82) is 0 Å². The topological polar surface area (TPSA) is 79.6 Å². The van der Waals surface area contributed by atoms with Crippen LogP contribution in [0.3, 0.4) is 0 Å². The lowest BCUT2D eigenvalue weighted by Gasteiger charge is -2.27. The van der Waals surface area contributed by atoms with E-state index in [-0.39, 0.29) is 28.8 Å². The number of amides is 2. The number of hydrogen-bond acceptors (Lipinski definition) is 4.